The number of benzene rings is 2. The van der Waals surface area contributed by atoms with E-state index in [0.29, 0.717) is 18.4 Å². The largest absolute Gasteiger partial charge is 0.453 e. The van der Waals surface area contributed by atoms with Crippen molar-refractivity contribution in [1.82, 2.24) is 40.5 Å². The second-order valence-corrected chi connectivity index (χ2v) is 17.4. The number of likely N-dealkylation sites (tertiary alicyclic amines) is 1. The minimum atomic E-state index is -0.679. The number of aromatic amines is 2. The molecule has 12 heteroatoms. The molecule has 3 aliphatic rings. The highest BCUT2D eigenvalue weighted by molar-refractivity contribution is 5.86. The van der Waals surface area contributed by atoms with Gasteiger partial charge >= 0.3 is 6.09 Å². The lowest BCUT2D eigenvalue weighted by atomic mass is 9.71. The third-order valence-electron chi connectivity index (χ3n) is 12.9. The van der Waals surface area contributed by atoms with Crippen molar-refractivity contribution in [3.8, 4) is 33.6 Å². The second-order valence-electron chi connectivity index (χ2n) is 17.4. The number of rotatable bonds is 12. The van der Waals surface area contributed by atoms with Crippen molar-refractivity contribution in [2.24, 2.45) is 29.6 Å². The highest BCUT2D eigenvalue weighted by Gasteiger charge is 2.47. The lowest BCUT2D eigenvalue weighted by molar-refractivity contribution is -0.135. The van der Waals surface area contributed by atoms with Gasteiger partial charge in [-0.05, 0) is 89.7 Å². The number of imidazole rings is 2. The number of carbonyl (C=O) groups is 3. The van der Waals surface area contributed by atoms with Crippen LogP contribution in [0.2, 0.25) is 0 Å². The Balaban J connectivity index is 0.936. The molecule has 2 aromatic carbocycles. The van der Waals surface area contributed by atoms with Crippen molar-refractivity contribution >= 4 is 17.9 Å². The monoisotopic (exact) mass is 796 g/mol. The lowest BCUT2D eigenvalue weighted by Crippen LogP contribution is -2.51. The summed E-state index contributed by atoms with van der Waals surface area (Å²) in [6.45, 7) is 8.72. The predicted molar refractivity (Wildman–Crippen MR) is 227 cm³/mol. The topological polar surface area (TPSA) is 158 Å². The molecule has 2 aliphatic carbocycles. The summed E-state index contributed by atoms with van der Waals surface area (Å²) >= 11 is 0. The number of nitrogens with zero attached hydrogens (tertiary/aromatic N) is 4. The van der Waals surface area contributed by atoms with Crippen LogP contribution >= 0.6 is 0 Å². The number of aromatic nitrogens is 5. The van der Waals surface area contributed by atoms with E-state index in [-0.39, 0.29) is 47.6 Å². The van der Waals surface area contributed by atoms with E-state index in [1.807, 2.05) is 49.5 Å². The van der Waals surface area contributed by atoms with Gasteiger partial charge < -0.3 is 30.2 Å². The molecule has 1 saturated heterocycles. The first-order valence-electron chi connectivity index (χ1n) is 21.2. The first kappa shape index (κ1) is 40.0. The molecule has 3 fully saturated rings. The summed E-state index contributed by atoms with van der Waals surface area (Å²) in [6, 6.07) is 19.9. The molecule has 59 heavy (non-hydrogen) atoms. The van der Waals surface area contributed by atoms with Gasteiger partial charge in [-0.15, -0.1) is 0 Å². The Bertz CT molecular complexity index is 2230. The van der Waals surface area contributed by atoms with Gasteiger partial charge in [0.2, 0.25) is 11.8 Å². The van der Waals surface area contributed by atoms with Crippen LogP contribution in [0.4, 0.5) is 4.79 Å². The average molecular weight is 797 g/mol. The van der Waals surface area contributed by atoms with Crippen LogP contribution in [-0.4, -0.2) is 67.4 Å². The van der Waals surface area contributed by atoms with E-state index in [0.717, 1.165) is 83.0 Å². The van der Waals surface area contributed by atoms with Crippen molar-refractivity contribution in [3.05, 3.63) is 103 Å². The molecule has 12 nitrogen and oxygen atoms in total. The van der Waals surface area contributed by atoms with Crippen LogP contribution in [-0.2, 0) is 14.3 Å². The highest BCUT2D eigenvalue weighted by Crippen LogP contribution is 2.52. The summed E-state index contributed by atoms with van der Waals surface area (Å²) in [5.41, 5.74) is 7.10. The normalized spacial score (nSPS) is 22.4. The fourth-order valence-electron chi connectivity index (χ4n) is 9.81. The number of fused-ring (bicyclic) bond motifs is 2. The summed E-state index contributed by atoms with van der Waals surface area (Å²) < 4.78 is 4.77. The summed E-state index contributed by atoms with van der Waals surface area (Å²) in [7, 11) is 1.30. The van der Waals surface area contributed by atoms with Crippen LogP contribution in [0.25, 0.3) is 33.6 Å². The number of amides is 3. The zero-order valence-electron chi connectivity index (χ0n) is 34.7. The molecule has 1 aliphatic heterocycles. The summed E-state index contributed by atoms with van der Waals surface area (Å²) in [5.74, 6) is 2.75. The summed E-state index contributed by atoms with van der Waals surface area (Å²) in [4.78, 5) is 62.5. The Labute approximate surface area is 346 Å². The molecule has 4 N–H and O–H groups in total. The molecular formula is C47H56N8O4. The molecule has 8 rings (SSSR count). The van der Waals surface area contributed by atoms with Gasteiger partial charge in [0, 0.05) is 30.8 Å². The fraction of sp³-hybridized carbons (Fsp3) is 0.447. The Hall–Kier alpha value is -5.78. The van der Waals surface area contributed by atoms with Crippen LogP contribution in [0.1, 0.15) is 101 Å². The molecule has 5 aromatic rings. The molecule has 0 radical (unpaired) electrons. The van der Waals surface area contributed by atoms with Gasteiger partial charge in [-0.2, -0.15) is 0 Å². The Morgan fingerprint density at radius 3 is 2.02 bits per heavy atom. The standard InChI is InChI=1S/C47H56N8O4/c1-27(2)41(35-8-6-20-48-24-35)53-45(56)36-23-29-10-11-34(22-29)40(36)44-50-26-38(52-44)33-18-14-31(15-19-33)30-12-16-32(17-13-30)37-25-49-43(51-37)39-9-7-21-55(39)46(57)42(28(3)4)54-47(58)59-5/h6,8,12-20,24-29,34,36,39-42H,7,9-11,21-23H2,1-5H3,(H,49,51)(H,50,52)(H,53,56)(H,54,58)/t29-,34+,36-,39+,40?,41-,42+/m1/s1. The van der Waals surface area contributed by atoms with Crippen LogP contribution in [0.5, 0.6) is 0 Å². The molecule has 3 aromatic heterocycles. The summed E-state index contributed by atoms with van der Waals surface area (Å²) in [5, 5.41) is 6.13. The number of hydrogen-bond acceptors (Lipinski definition) is 7. The smallest absolute Gasteiger partial charge is 0.407 e. The minimum Gasteiger partial charge on any atom is -0.453 e. The number of alkyl carbamates (subject to hydrolysis) is 1. The number of carbonyl (C=O) groups excluding carboxylic acids is 3. The van der Waals surface area contributed by atoms with Gasteiger partial charge in [-0.3, -0.25) is 14.6 Å². The van der Waals surface area contributed by atoms with E-state index in [4.69, 9.17) is 14.7 Å². The second kappa shape index (κ2) is 17.2. The first-order chi connectivity index (χ1) is 28.6. The van der Waals surface area contributed by atoms with Crippen LogP contribution in [0.15, 0.2) is 85.5 Å². The van der Waals surface area contributed by atoms with Crippen molar-refractivity contribution in [2.75, 3.05) is 13.7 Å². The molecule has 4 heterocycles. The van der Waals surface area contributed by atoms with Gasteiger partial charge in [-0.1, -0.05) is 88.7 Å². The van der Waals surface area contributed by atoms with Crippen molar-refractivity contribution in [2.45, 2.75) is 90.3 Å². The van der Waals surface area contributed by atoms with Crippen molar-refractivity contribution < 1.29 is 19.1 Å². The number of nitrogens with one attached hydrogen (secondary N) is 4. The predicted octanol–water partition coefficient (Wildman–Crippen LogP) is 8.61. The van der Waals surface area contributed by atoms with Crippen LogP contribution < -0.4 is 10.6 Å². The third-order valence-corrected chi connectivity index (χ3v) is 12.9. The Morgan fingerprint density at radius 1 is 0.763 bits per heavy atom. The van der Waals surface area contributed by atoms with Gasteiger partial charge in [0.05, 0.1) is 43.0 Å². The van der Waals surface area contributed by atoms with E-state index in [1.165, 1.54) is 13.5 Å². The zero-order chi connectivity index (χ0) is 41.2. The van der Waals surface area contributed by atoms with Crippen LogP contribution in [0, 0.1) is 29.6 Å². The Morgan fingerprint density at radius 2 is 1.41 bits per heavy atom. The number of pyridine rings is 1. The zero-order valence-corrected chi connectivity index (χ0v) is 34.7. The maximum atomic E-state index is 14.1. The SMILES string of the molecule is COC(=O)N[C@H](C(=O)N1CCC[C@H]1c1ncc(-c2ccc(-c3ccc(-c4cnc(C5[C@H]6CC[C@H](C6)C[C@H]5C(=O)N[C@@H](c5cccnc5)C(C)C)[nH]4)cc3)cc2)[nH]1)C(C)C. The van der Waals surface area contributed by atoms with Crippen molar-refractivity contribution in [3.63, 3.8) is 0 Å². The third kappa shape index (κ3) is 8.40. The maximum Gasteiger partial charge on any atom is 0.407 e. The minimum absolute atomic E-state index is 0.0557. The molecule has 2 saturated carbocycles. The fourth-order valence-corrected chi connectivity index (χ4v) is 9.81. The van der Waals surface area contributed by atoms with Gasteiger partial charge in [0.15, 0.2) is 0 Å². The number of methoxy groups -OCH3 is 1. The van der Waals surface area contributed by atoms with Gasteiger partial charge in [0.1, 0.15) is 17.7 Å². The molecule has 1 unspecified atom stereocenters. The average Bonchev–Trinajstić information content (AvgIpc) is 4.10. The molecule has 7 atom stereocenters. The van der Waals surface area contributed by atoms with Gasteiger partial charge in [-0.25, -0.2) is 14.8 Å². The molecule has 308 valence electrons. The quantitative estimate of drug-likeness (QED) is 0.0985. The number of H-pyrrole nitrogens is 2. The van der Waals surface area contributed by atoms with E-state index in [1.54, 1.807) is 6.20 Å². The van der Waals surface area contributed by atoms with Crippen LogP contribution in [0.3, 0.4) is 0 Å². The number of ether oxygens (including phenoxy) is 1. The van der Waals surface area contributed by atoms with Gasteiger partial charge in [0.25, 0.3) is 0 Å². The van der Waals surface area contributed by atoms with E-state index in [9.17, 15) is 14.4 Å². The van der Waals surface area contributed by atoms with E-state index < -0.39 is 12.1 Å². The Kier molecular flexibility index (Phi) is 11.7. The lowest BCUT2D eigenvalue weighted by Gasteiger charge is -2.36. The maximum absolute atomic E-state index is 14.1. The van der Waals surface area contributed by atoms with E-state index >= 15 is 0 Å². The molecular weight excluding hydrogens is 741 g/mol. The first-order valence-corrected chi connectivity index (χ1v) is 21.2. The molecule has 3 amide bonds. The molecule has 0 spiro atoms. The highest BCUT2D eigenvalue weighted by atomic mass is 16.5. The number of hydrogen-bond donors (Lipinski definition) is 4. The van der Waals surface area contributed by atoms with Crippen molar-refractivity contribution in [1.29, 1.82) is 0 Å². The molecule has 2 bridgehead atoms. The summed E-state index contributed by atoms with van der Waals surface area (Å²) in [6.07, 6.45) is 12.8. The van der Waals surface area contributed by atoms with E-state index in [2.05, 4.69) is 88.0 Å².